The van der Waals surface area contributed by atoms with Crippen molar-refractivity contribution in [1.29, 1.82) is 0 Å². The van der Waals surface area contributed by atoms with Crippen LogP contribution in [0.1, 0.15) is 17.4 Å². The summed E-state index contributed by atoms with van der Waals surface area (Å²) in [6.45, 7) is 4.19. The molecule has 0 spiro atoms. The first kappa shape index (κ1) is 14.6. The lowest BCUT2D eigenvalue weighted by atomic mass is 10.0. The van der Waals surface area contributed by atoms with E-state index in [0.717, 1.165) is 5.56 Å². The second-order valence-electron chi connectivity index (χ2n) is 4.49. The smallest absolute Gasteiger partial charge is 0.149 e. The summed E-state index contributed by atoms with van der Waals surface area (Å²) in [5.74, 6) is 0.366. The van der Waals surface area contributed by atoms with Crippen LogP contribution in [0.5, 0.6) is 0 Å². The maximum atomic E-state index is 13.1. The van der Waals surface area contributed by atoms with Gasteiger partial charge in [0.25, 0.3) is 0 Å². The molecule has 0 saturated carbocycles. The Morgan fingerprint density at radius 2 is 1.90 bits per heavy atom. The van der Waals surface area contributed by atoms with Crippen molar-refractivity contribution in [1.82, 2.24) is 14.9 Å². The molecule has 1 atom stereocenters. The zero-order chi connectivity index (χ0) is 14.5. The SMILES string of the molecule is C=C(Cl)CN(C)C(c1ccc(F)cc1)c1ncccn1. The molecule has 0 aliphatic rings. The maximum absolute atomic E-state index is 13.1. The highest BCUT2D eigenvalue weighted by Crippen LogP contribution is 2.25. The monoisotopic (exact) mass is 291 g/mol. The second-order valence-corrected chi connectivity index (χ2v) is 5.03. The minimum absolute atomic E-state index is 0.202. The average molecular weight is 292 g/mol. The number of nitrogens with zero attached hydrogens (tertiary/aromatic N) is 3. The molecule has 0 aliphatic heterocycles. The molecule has 0 amide bonds. The predicted octanol–water partition coefficient (Wildman–Crippen LogP) is 3.39. The highest BCUT2D eigenvalue weighted by Gasteiger charge is 2.22. The quantitative estimate of drug-likeness (QED) is 0.845. The summed E-state index contributed by atoms with van der Waals surface area (Å²) in [5, 5.41) is 0.524. The van der Waals surface area contributed by atoms with Gasteiger partial charge in [0, 0.05) is 24.0 Å². The molecule has 0 bridgehead atoms. The van der Waals surface area contributed by atoms with Crippen molar-refractivity contribution in [2.75, 3.05) is 13.6 Å². The average Bonchev–Trinajstić information content (AvgIpc) is 2.42. The van der Waals surface area contributed by atoms with Gasteiger partial charge in [0.15, 0.2) is 0 Å². The van der Waals surface area contributed by atoms with Gasteiger partial charge in [-0.3, -0.25) is 4.90 Å². The van der Waals surface area contributed by atoms with Crippen LogP contribution in [0.3, 0.4) is 0 Å². The Kier molecular flexibility index (Phi) is 4.82. The Morgan fingerprint density at radius 3 is 2.45 bits per heavy atom. The van der Waals surface area contributed by atoms with E-state index in [0.29, 0.717) is 17.4 Å². The molecule has 1 heterocycles. The van der Waals surface area contributed by atoms with Crippen molar-refractivity contribution in [2.45, 2.75) is 6.04 Å². The van der Waals surface area contributed by atoms with Crippen LogP contribution < -0.4 is 0 Å². The third kappa shape index (κ3) is 3.62. The van der Waals surface area contributed by atoms with Gasteiger partial charge in [0.1, 0.15) is 11.6 Å². The molecule has 0 aliphatic carbocycles. The third-order valence-electron chi connectivity index (χ3n) is 2.88. The van der Waals surface area contributed by atoms with E-state index in [1.54, 1.807) is 30.6 Å². The molecular formula is C15H15ClFN3. The van der Waals surface area contributed by atoms with Gasteiger partial charge >= 0.3 is 0 Å². The Morgan fingerprint density at radius 1 is 1.30 bits per heavy atom. The molecule has 0 saturated heterocycles. The van der Waals surface area contributed by atoms with Crippen LogP contribution in [0.15, 0.2) is 54.3 Å². The summed E-state index contributed by atoms with van der Waals surface area (Å²) in [6.07, 6.45) is 3.37. The maximum Gasteiger partial charge on any atom is 0.149 e. The molecule has 1 unspecified atom stereocenters. The highest BCUT2D eigenvalue weighted by atomic mass is 35.5. The van der Waals surface area contributed by atoms with Crippen LogP contribution in [0.2, 0.25) is 0 Å². The molecule has 2 aromatic rings. The molecule has 2 rings (SSSR count). The van der Waals surface area contributed by atoms with Gasteiger partial charge in [-0.05, 0) is 30.8 Å². The molecule has 0 fully saturated rings. The van der Waals surface area contributed by atoms with E-state index in [9.17, 15) is 4.39 Å². The number of likely N-dealkylation sites (N-methyl/N-ethyl adjacent to an activating group) is 1. The van der Waals surface area contributed by atoms with Gasteiger partial charge in [0.05, 0.1) is 6.04 Å². The summed E-state index contributed by atoms with van der Waals surface area (Å²) < 4.78 is 13.1. The Labute approximate surface area is 122 Å². The number of benzene rings is 1. The number of hydrogen-bond donors (Lipinski definition) is 0. The van der Waals surface area contributed by atoms with Gasteiger partial charge in [-0.2, -0.15) is 0 Å². The Bertz CT molecular complexity index is 571. The van der Waals surface area contributed by atoms with Gasteiger partial charge in [-0.15, -0.1) is 0 Å². The second kappa shape index (κ2) is 6.59. The summed E-state index contributed by atoms with van der Waals surface area (Å²) in [5.41, 5.74) is 0.901. The summed E-state index contributed by atoms with van der Waals surface area (Å²) >= 11 is 5.88. The van der Waals surface area contributed by atoms with Crippen LogP contribution in [0.4, 0.5) is 4.39 Å². The van der Waals surface area contributed by atoms with E-state index >= 15 is 0 Å². The lowest BCUT2D eigenvalue weighted by Crippen LogP contribution is -2.28. The summed E-state index contributed by atoms with van der Waals surface area (Å²) in [7, 11) is 1.90. The van der Waals surface area contributed by atoms with E-state index in [2.05, 4.69) is 16.5 Å². The topological polar surface area (TPSA) is 29.0 Å². The number of hydrogen-bond acceptors (Lipinski definition) is 3. The fourth-order valence-electron chi connectivity index (χ4n) is 2.06. The fraction of sp³-hybridized carbons (Fsp3) is 0.200. The minimum atomic E-state index is -0.272. The Balaban J connectivity index is 2.38. The van der Waals surface area contributed by atoms with E-state index in [4.69, 9.17) is 11.6 Å². The van der Waals surface area contributed by atoms with Crippen LogP contribution in [-0.4, -0.2) is 28.5 Å². The van der Waals surface area contributed by atoms with E-state index in [1.165, 1.54) is 12.1 Å². The third-order valence-corrected chi connectivity index (χ3v) is 3.00. The van der Waals surface area contributed by atoms with Crippen molar-refractivity contribution in [3.05, 3.63) is 71.5 Å². The molecular weight excluding hydrogens is 277 g/mol. The number of aromatic nitrogens is 2. The molecule has 104 valence electrons. The highest BCUT2D eigenvalue weighted by molar-refractivity contribution is 6.29. The van der Waals surface area contributed by atoms with Gasteiger partial charge in [0.2, 0.25) is 0 Å². The molecule has 1 aromatic carbocycles. The van der Waals surface area contributed by atoms with Crippen LogP contribution in [0, 0.1) is 5.82 Å². The van der Waals surface area contributed by atoms with E-state index in [-0.39, 0.29) is 11.9 Å². The molecule has 0 radical (unpaired) electrons. The lowest BCUT2D eigenvalue weighted by Gasteiger charge is -2.26. The standard InChI is InChI=1S/C15H15ClFN3/c1-11(16)10-20(2)14(15-18-8-3-9-19-15)12-4-6-13(17)7-5-12/h3-9,14H,1,10H2,2H3. The van der Waals surface area contributed by atoms with Crippen molar-refractivity contribution in [3.63, 3.8) is 0 Å². The zero-order valence-corrected chi connectivity index (χ0v) is 11.9. The van der Waals surface area contributed by atoms with Crippen LogP contribution in [0.25, 0.3) is 0 Å². The van der Waals surface area contributed by atoms with E-state index in [1.807, 2.05) is 11.9 Å². The number of halogens is 2. The summed E-state index contributed by atoms with van der Waals surface area (Å²) in [6, 6.07) is 7.86. The van der Waals surface area contributed by atoms with Crippen molar-refractivity contribution >= 4 is 11.6 Å². The van der Waals surface area contributed by atoms with Crippen molar-refractivity contribution in [2.24, 2.45) is 0 Å². The molecule has 1 aromatic heterocycles. The first-order valence-corrected chi connectivity index (χ1v) is 6.51. The lowest BCUT2D eigenvalue weighted by molar-refractivity contribution is 0.296. The normalized spacial score (nSPS) is 12.4. The van der Waals surface area contributed by atoms with Gasteiger partial charge in [-0.25, -0.2) is 14.4 Å². The Hall–Kier alpha value is -1.78. The number of rotatable bonds is 5. The van der Waals surface area contributed by atoms with Gasteiger partial charge in [-0.1, -0.05) is 30.3 Å². The molecule has 0 N–H and O–H groups in total. The first-order chi connectivity index (χ1) is 9.58. The fourth-order valence-corrected chi connectivity index (χ4v) is 2.25. The minimum Gasteiger partial charge on any atom is -0.288 e. The zero-order valence-electron chi connectivity index (χ0n) is 11.1. The largest absolute Gasteiger partial charge is 0.288 e. The molecule has 3 nitrogen and oxygen atoms in total. The van der Waals surface area contributed by atoms with Crippen LogP contribution >= 0.6 is 11.6 Å². The molecule has 20 heavy (non-hydrogen) atoms. The predicted molar refractivity (Wildman–Crippen MR) is 77.9 cm³/mol. The van der Waals surface area contributed by atoms with Crippen molar-refractivity contribution in [3.8, 4) is 0 Å². The van der Waals surface area contributed by atoms with Crippen molar-refractivity contribution < 1.29 is 4.39 Å². The van der Waals surface area contributed by atoms with Gasteiger partial charge < -0.3 is 0 Å². The first-order valence-electron chi connectivity index (χ1n) is 6.14. The summed E-state index contributed by atoms with van der Waals surface area (Å²) in [4.78, 5) is 10.5. The molecule has 5 heteroatoms. The van der Waals surface area contributed by atoms with Crippen LogP contribution in [-0.2, 0) is 0 Å². The van der Waals surface area contributed by atoms with E-state index < -0.39 is 0 Å².